The summed E-state index contributed by atoms with van der Waals surface area (Å²) < 4.78 is 19.0. The first kappa shape index (κ1) is 16.8. The van der Waals surface area contributed by atoms with Crippen LogP contribution in [0.4, 0.5) is 10.1 Å². The van der Waals surface area contributed by atoms with E-state index in [0.717, 1.165) is 18.9 Å². The van der Waals surface area contributed by atoms with Crippen molar-refractivity contribution in [1.82, 2.24) is 5.32 Å². The Labute approximate surface area is 127 Å². The molecule has 0 spiro atoms. The third-order valence-corrected chi connectivity index (χ3v) is 3.40. The number of nitrogens with two attached hydrogens (primary N) is 1. The highest BCUT2D eigenvalue weighted by Gasteiger charge is 2.19. The Morgan fingerprint density at radius 3 is 2.70 bits per heavy atom. The Kier molecular flexibility index (Phi) is 6.26. The molecule has 0 bridgehead atoms. The number of nitrogen functional groups attached to an aromatic ring is 1. The van der Waals surface area contributed by atoms with Crippen molar-refractivity contribution in [3.8, 4) is 5.75 Å². The van der Waals surface area contributed by atoms with Crippen LogP contribution in [0.25, 0.3) is 0 Å². The first-order chi connectivity index (χ1) is 9.35. The molecule has 0 aromatic heterocycles. The highest BCUT2D eigenvalue weighted by atomic mass is 79.9. The highest BCUT2D eigenvalue weighted by Crippen LogP contribution is 2.33. The fraction of sp³-hybridized carbons (Fsp3) is 0.500. The molecule has 3 N–H and O–H groups in total. The van der Waals surface area contributed by atoms with Crippen LogP contribution in [-0.2, 0) is 4.79 Å². The molecular formula is C14H20BrFN2O2. The number of hydrogen-bond acceptors (Lipinski definition) is 3. The van der Waals surface area contributed by atoms with Crippen LogP contribution in [0.2, 0.25) is 0 Å². The largest absolute Gasteiger partial charge is 0.478 e. The second kappa shape index (κ2) is 7.47. The molecule has 1 aromatic carbocycles. The van der Waals surface area contributed by atoms with E-state index in [1.165, 1.54) is 6.07 Å². The molecule has 0 radical (unpaired) electrons. The van der Waals surface area contributed by atoms with Gasteiger partial charge in [-0.1, -0.05) is 13.3 Å². The molecule has 0 aliphatic rings. The monoisotopic (exact) mass is 346 g/mol. The molecule has 0 aliphatic heterocycles. The number of carbonyl (C=O) groups is 1. The summed E-state index contributed by atoms with van der Waals surface area (Å²) in [5, 5.41) is 2.86. The van der Waals surface area contributed by atoms with E-state index in [4.69, 9.17) is 10.5 Å². The van der Waals surface area contributed by atoms with Crippen LogP contribution in [0, 0.1) is 5.82 Å². The second-order valence-electron chi connectivity index (χ2n) is 4.76. The third kappa shape index (κ3) is 4.67. The van der Waals surface area contributed by atoms with Crippen molar-refractivity contribution in [3.05, 3.63) is 22.4 Å². The lowest BCUT2D eigenvalue weighted by Gasteiger charge is -2.19. The molecule has 2 unspecified atom stereocenters. The second-order valence-corrected chi connectivity index (χ2v) is 5.62. The molecule has 1 rings (SSSR count). The number of benzene rings is 1. The predicted octanol–water partition coefficient (Wildman–Crippen LogP) is 3.24. The molecule has 0 fully saturated rings. The Bertz CT molecular complexity index is 459. The van der Waals surface area contributed by atoms with Crippen molar-refractivity contribution < 1.29 is 13.9 Å². The molecule has 0 saturated carbocycles. The number of amides is 1. The number of carbonyl (C=O) groups excluding carboxylic acids is 1. The smallest absolute Gasteiger partial charge is 0.260 e. The lowest BCUT2D eigenvalue weighted by Crippen LogP contribution is -2.41. The minimum absolute atomic E-state index is 0.0903. The maximum Gasteiger partial charge on any atom is 0.260 e. The number of rotatable bonds is 6. The average Bonchev–Trinajstić information content (AvgIpc) is 2.33. The van der Waals surface area contributed by atoms with Gasteiger partial charge < -0.3 is 15.8 Å². The van der Waals surface area contributed by atoms with Gasteiger partial charge in [0.2, 0.25) is 0 Å². The summed E-state index contributed by atoms with van der Waals surface area (Å²) in [6.45, 7) is 5.62. The summed E-state index contributed by atoms with van der Waals surface area (Å²) in [6.07, 6.45) is 1.19. The quantitative estimate of drug-likeness (QED) is 0.777. The fourth-order valence-electron chi connectivity index (χ4n) is 1.80. The Morgan fingerprint density at radius 2 is 2.15 bits per heavy atom. The molecule has 112 valence electrons. The number of halogens is 2. The van der Waals surface area contributed by atoms with Gasteiger partial charge >= 0.3 is 0 Å². The van der Waals surface area contributed by atoms with Crippen molar-refractivity contribution in [1.29, 1.82) is 0 Å². The average molecular weight is 347 g/mol. The van der Waals surface area contributed by atoms with E-state index < -0.39 is 11.9 Å². The van der Waals surface area contributed by atoms with Gasteiger partial charge in [-0.05, 0) is 42.3 Å². The molecule has 6 heteroatoms. The molecule has 1 aromatic rings. The van der Waals surface area contributed by atoms with Crippen molar-refractivity contribution in [2.75, 3.05) is 5.73 Å². The van der Waals surface area contributed by atoms with Crippen LogP contribution < -0.4 is 15.8 Å². The van der Waals surface area contributed by atoms with Gasteiger partial charge in [-0.15, -0.1) is 0 Å². The molecular weight excluding hydrogens is 327 g/mol. The Balaban J connectivity index is 2.71. The zero-order valence-electron chi connectivity index (χ0n) is 11.9. The van der Waals surface area contributed by atoms with E-state index in [2.05, 4.69) is 28.2 Å². The molecule has 0 heterocycles. The molecule has 2 atom stereocenters. The van der Waals surface area contributed by atoms with Gasteiger partial charge in [0.15, 0.2) is 11.9 Å². The maximum absolute atomic E-state index is 13.1. The van der Waals surface area contributed by atoms with Gasteiger partial charge in [-0.25, -0.2) is 4.39 Å². The van der Waals surface area contributed by atoms with Gasteiger partial charge in [0.05, 0.1) is 10.2 Å². The van der Waals surface area contributed by atoms with Crippen molar-refractivity contribution in [2.45, 2.75) is 45.8 Å². The number of ether oxygens (including phenoxy) is 1. The first-order valence-electron chi connectivity index (χ1n) is 6.56. The van der Waals surface area contributed by atoms with E-state index in [9.17, 15) is 9.18 Å². The van der Waals surface area contributed by atoms with Crippen molar-refractivity contribution in [3.63, 3.8) is 0 Å². The lowest BCUT2D eigenvalue weighted by molar-refractivity contribution is -0.127. The van der Waals surface area contributed by atoms with Crippen LogP contribution >= 0.6 is 15.9 Å². The predicted molar refractivity (Wildman–Crippen MR) is 81.1 cm³/mol. The summed E-state index contributed by atoms with van der Waals surface area (Å²) in [5.74, 6) is -0.408. The van der Waals surface area contributed by atoms with Gasteiger partial charge in [0.1, 0.15) is 5.82 Å². The van der Waals surface area contributed by atoms with Crippen LogP contribution in [-0.4, -0.2) is 18.1 Å². The van der Waals surface area contributed by atoms with E-state index in [-0.39, 0.29) is 23.4 Å². The molecule has 0 aliphatic carbocycles. The van der Waals surface area contributed by atoms with Gasteiger partial charge in [-0.2, -0.15) is 0 Å². The lowest BCUT2D eigenvalue weighted by atomic mass is 10.2. The van der Waals surface area contributed by atoms with Crippen LogP contribution in [0.15, 0.2) is 16.6 Å². The summed E-state index contributed by atoms with van der Waals surface area (Å²) in [6, 6.07) is 2.49. The van der Waals surface area contributed by atoms with Gasteiger partial charge in [0, 0.05) is 12.1 Å². The first-order valence-corrected chi connectivity index (χ1v) is 7.36. The van der Waals surface area contributed by atoms with E-state index in [0.29, 0.717) is 4.47 Å². The number of hydrogen-bond donors (Lipinski definition) is 2. The number of nitrogens with one attached hydrogen (secondary N) is 1. The van der Waals surface area contributed by atoms with Crippen molar-refractivity contribution in [2.24, 2.45) is 0 Å². The summed E-state index contributed by atoms with van der Waals surface area (Å²) >= 11 is 3.17. The molecule has 1 amide bonds. The fourth-order valence-corrected chi connectivity index (χ4v) is 2.34. The topological polar surface area (TPSA) is 64.3 Å². The minimum atomic E-state index is -0.710. The minimum Gasteiger partial charge on any atom is -0.478 e. The van der Waals surface area contributed by atoms with Gasteiger partial charge in [-0.3, -0.25) is 4.79 Å². The molecule has 0 saturated heterocycles. The third-order valence-electron chi connectivity index (χ3n) is 2.81. The highest BCUT2D eigenvalue weighted by molar-refractivity contribution is 9.10. The van der Waals surface area contributed by atoms with Crippen LogP contribution in [0.3, 0.4) is 0 Å². The van der Waals surface area contributed by atoms with E-state index in [1.54, 1.807) is 6.92 Å². The Morgan fingerprint density at radius 1 is 1.50 bits per heavy atom. The summed E-state index contributed by atoms with van der Waals surface area (Å²) in [5.41, 5.74) is 5.84. The summed E-state index contributed by atoms with van der Waals surface area (Å²) in [7, 11) is 0. The van der Waals surface area contributed by atoms with Gasteiger partial charge in [0.25, 0.3) is 5.91 Å². The van der Waals surface area contributed by atoms with Crippen molar-refractivity contribution >= 4 is 27.5 Å². The zero-order chi connectivity index (χ0) is 15.3. The van der Waals surface area contributed by atoms with E-state index >= 15 is 0 Å². The van der Waals surface area contributed by atoms with Crippen LogP contribution in [0.1, 0.15) is 33.6 Å². The van der Waals surface area contributed by atoms with Crippen LogP contribution in [0.5, 0.6) is 5.75 Å². The zero-order valence-corrected chi connectivity index (χ0v) is 13.5. The Hall–Kier alpha value is -1.30. The maximum atomic E-state index is 13.1. The molecule has 20 heavy (non-hydrogen) atoms. The standard InChI is InChI=1S/C14H20BrFN2O2/c1-4-5-8(2)18-14(19)9(3)20-13-11(15)6-10(16)7-12(13)17/h6-9H,4-5,17H2,1-3H3,(H,18,19). The SMILES string of the molecule is CCCC(C)NC(=O)C(C)Oc1c(N)cc(F)cc1Br. The number of anilines is 1. The normalized spacial score (nSPS) is 13.7. The summed E-state index contributed by atoms with van der Waals surface area (Å²) in [4.78, 5) is 12.0. The van der Waals surface area contributed by atoms with E-state index in [1.807, 2.05) is 6.92 Å². The molecule has 4 nitrogen and oxygen atoms in total.